The molecule has 1 aromatic carbocycles. The van der Waals surface area contributed by atoms with Crippen LogP contribution in [0, 0.1) is 0 Å². The summed E-state index contributed by atoms with van der Waals surface area (Å²) < 4.78 is 31.2. The summed E-state index contributed by atoms with van der Waals surface area (Å²) in [5, 5.41) is 6.60. The van der Waals surface area contributed by atoms with Crippen LogP contribution in [-0.2, 0) is 32.6 Å². The Morgan fingerprint density at radius 2 is 2.12 bits per heavy atom. The van der Waals surface area contributed by atoms with E-state index in [2.05, 4.69) is 24.9 Å². The fraction of sp³-hybridized carbons (Fsp3) is 0.286. The molecule has 1 aromatic heterocycles. The highest BCUT2D eigenvalue weighted by Gasteiger charge is 2.30. The van der Waals surface area contributed by atoms with Gasteiger partial charge >= 0.3 is 5.97 Å². The zero-order valence-electron chi connectivity index (χ0n) is 12.8. The van der Waals surface area contributed by atoms with Crippen LogP contribution in [0.25, 0.3) is 0 Å². The van der Waals surface area contributed by atoms with Crippen LogP contribution in [0.5, 0.6) is 0 Å². The molecule has 2 heterocycles. The van der Waals surface area contributed by atoms with Gasteiger partial charge in [-0.3, -0.25) is 19.6 Å². The first-order valence-corrected chi connectivity index (χ1v) is 8.70. The first kappa shape index (κ1) is 16.1. The quantitative estimate of drug-likeness (QED) is 0.740. The molecule has 0 amide bonds. The molecule has 0 saturated heterocycles. The minimum absolute atomic E-state index is 0.0427. The summed E-state index contributed by atoms with van der Waals surface area (Å²) in [7, 11) is -3.61. The smallest absolute Gasteiger partial charge is 0.328 e. The molecule has 24 heavy (non-hydrogen) atoms. The number of aromatic nitrogens is 3. The summed E-state index contributed by atoms with van der Waals surface area (Å²) in [5.74, 6) is 0.619. The van der Waals surface area contributed by atoms with Gasteiger partial charge in [0.1, 0.15) is 12.4 Å². The zero-order valence-corrected chi connectivity index (χ0v) is 13.6. The molecule has 0 atom stereocenters. The summed E-state index contributed by atoms with van der Waals surface area (Å²) in [4.78, 5) is 20.0. The monoisotopic (exact) mass is 349 g/mol. The van der Waals surface area contributed by atoms with E-state index in [1.54, 1.807) is 18.2 Å². The Morgan fingerprint density at radius 1 is 1.33 bits per heavy atom. The SMILES string of the molecule is CCc1n[nH]c(COC(=O)CN=C2NS(=O)(=O)c3ccccc32)n1. The second-order valence-electron chi connectivity index (χ2n) is 4.98. The minimum Gasteiger partial charge on any atom is -0.456 e. The number of hydrogen-bond acceptors (Lipinski definition) is 7. The van der Waals surface area contributed by atoms with Gasteiger partial charge in [-0.15, -0.1) is 0 Å². The van der Waals surface area contributed by atoms with Gasteiger partial charge in [0.05, 0.1) is 4.90 Å². The number of sulfonamides is 1. The Balaban J connectivity index is 1.63. The number of ether oxygens (including phenoxy) is 1. The summed E-state index contributed by atoms with van der Waals surface area (Å²) in [6.07, 6.45) is 0.678. The van der Waals surface area contributed by atoms with E-state index in [4.69, 9.17) is 4.74 Å². The van der Waals surface area contributed by atoms with Crippen LogP contribution >= 0.6 is 0 Å². The molecule has 2 aromatic rings. The largest absolute Gasteiger partial charge is 0.456 e. The van der Waals surface area contributed by atoms with Gasteiger partial charge in [0.15, 0.2) is 18.3 Å². The Bertz CT molecular complexity index is 903. The lowest BCUT2D eigenvalue weighted by Crippen LogP contribution is -2.23. The van der Waals surface area contributed by atoms with Crippen LogP contribution in [0.4, 0.5) is 0 Å². The fourth-order valence-electron chi connectivity index (χ4n) is 2.15. The number of H-pyrrole nitrogens is 1. The van der Waals surface area contributed by atoms with E-state index >= 15 is 0 Å². The Hall–Kier alpha value is -2.75. The van der Waals surface area contributed by atoms with Crippen LogP contribution in [0.15, 0.2) is 34.2 Å². The average Bonchev–Trinajstić information content (AvgIpc) is 3.14. The Labute approximate surface area is 138 Å². The molecule has 126 valence electrons. The molecule has 3 rings (SSSR count). The van der Waals surface area contributed by atoms with Crippen molar-refractivity contribution in [2.24, 2.45) is 4.99 Å². The lowest BCUT2D eigenvalue weighted by atomic mass is 10.2. The Kier molecular flexibility index (Phi) is 4.30. The van der Waals surface area contributed by atoms with Crippen molar-refractivity contribution in [2.75, 3.05) is 6.54 Å². The van der Waals surface area contributed by atoms with Gasteiger partial charge in [0, 0.05) is 12.0 Å². The number of aromatic amines is 1. The van der Waals surface area contributed by atoms with Crippen LogP contribution < -0.4 is 4.72 Å². The van der Waals surface area contributed by atoms with Gasteiger partial charge < -0.3 is 4.74 Å². The molecular weight excluding hydrogens is 334 g/mol. The first-order chi connectivity index (χ1) is 11.5. The predicted octanol–water partition coefficient (Wildman–Crippen LogP) is 0.149. The van der Waals surface area contributed by atoms with Crippen LogP contribution in [0.2, 0.25) is 0 Å². The molecule has 0 aliphatic carbocycles. The molecule has 9 nitrogen and oxygen atoms in total. The number of fused-ring (bicyclic) bond motifs is 1. The molecule has 0 bridgehead atoms. The molecule has 2 N–H and O–H groups in total. The van der Waals surface area contributed by atoms with Gasteiger partial charge in [0.2, 0.25) is 0 Å². The first-order valence-electron chi connectivity index (χ1n) is 7.22. The highest BCUT2D eigenvalue weighted by Crippen LogP contribution is 2.21. The van der Waals surface area contributed by atoms with Crippen molar-refractivity contribution in [1.29, 1.82) is 0 Å². The van der Waals surface area contributed by atoms with E-state index < -0.39 is 16.0 Å². The predicted molar refractivity (Wildman–Crippen MR) is 83.7 cm³/mol. The minimum atomic E-state index is -3.61. The van der Waals surface area contributed by atoms with E-state index in [0.29, 0.717) is 23.6 Å². The molecule has 0 radical (unpaired) electrons. The maximum Gasteiger partial charge on any atom is 0.328 e. The second-order valence-corrected chi connectivity index (χ2v) is 6.63. The molecule has 1 aliphatic heterocycles. The van der Waals surface area contributed by atoms with Crippen LogP contribution in [0.1, 0.15) is 24.1 Å². The third-order valence-electron chi connectivity index (χ3n) is 3.29. The fourth-order valence-corrected chi connectivity index (χ4v) is 3.40. The number of rotatable bonds is 5. The van der Waals surface area contributed by atoms with E-state index in [-0.39, 0.29) is 23.9 Å². The maximum absolute atomic E-state index is 11.9. The van der Waals surface area contributed by atoms with Gasteiger partial charge in [-0.2, -0.15) is 5.10 Å². The number of carbonyl (C=O) groups excluding carboxylic acids is 1. The van der Waals surface area contributed by atoms with Crippen molar-refractivity contribution >= 4 is 21.8 Å². The van der Waals surface area contributed by atoms with Crippen molar-refractivity contribution in [3.05, 3.63) is 41.5 Å². The van der Waals surface area contributed by atoms with Gasteiger partial charge in [0.25, 0.3) is 10.0 Å². The molecule has 0 unspecified atom stereocenters. The molecule has 0 spiro atoms. The van der Waals surface area contributed by atoms with Crippen molar-refractivity contribution in [3.63, 3.8) is 0 Å². The number of aryl methyl sites for hydroxylation is 1. The third kappa shape index (κ3) is 3.27. The molecule has 0 saturated carbocycles. The van der Waals surface area contributed by atoms with Crippen molar-refractivity contribution < 1.29 is 17.9 Å². The van der Waals surface area contributed by atoms with E-state index in [0.717, 1.165) is 0 Å². The van der Waals surface area contributed by atoms with Crippen molar-refractivity contribution in [3.8, 4) is 0 Å². The number of amidine groups is 1. The van der Waals surface area contributed by atoms with E-state index in [1.165, 1.54) is 6.07 Å². The second kappa shape index (κ2) is 6.40. The third-order valence-corrected chi connectivity index (χ3v) is 4.69. The standard InChI is InChI=1S/C14H15N5O4S/c1-2-11-16-12(18-17-11)8-23-13(20)7-15-14-9-5-3-4-6-10(9)24(21,22)19-14/h3-6H,2,7-8H2,1H3,(H,15,19)(H,16,17,18). The number of esters is 1. The number of nitrogens with zero attached hydrogens (tertiary/aromatic N) is 3. The van der Waals surface area contributed by atoms with E-state index in [1.807, 2.05) is 6.92 Å². The average molecular weight is 349 g/mol. The number of aliphatic imine (C=N–C) groups is 1. The normalized spacial score (nSPS) is 16.6. The lowest BCUT2D eigenvalue weighted by Gasteiger charge is -2.01. The van der Waals surface area contributed by atoms with Gasteiger partial charge in [-0.25, -0.2) is 13.4 Å². The van der Waals surface area contributed by atoms with Crippen molar-refractivity contribution in [2.45, 2.75) is 24.8 Å². The number of nitrogens with one attached hydrogen (secondary N) is 2. The van der Waals surface area contributed by atoms with Crippen LogP contribution in [0.3, 0.4) is 0 Å². The van der Waals surface area contributed by atoms with E-state index in [9.17, 15) is 13.2 Å². The molecular formula is C14H15N5O4S. The number of hydrogen-bond donors (Lipinski definition) is 2. The highest BCUT2D eigenvalue weighted by molar-refractivity contribution is 7.90. The summed E-state index contributed by atoms with van der Waals surface area (Å²) in [6.45, 7) is 1.56. The van der Waals surface area contributed by atoms with Crippen molar-refractivity contribution in [1.82, 2.24) is 19.9 Å². The lowest BCUT2D eigenvalue weighted by molar-refractivity contribution is -0.143. The molecule has 10 heteroatoms. The maximum atomic E-state index is 11.9. The summed E-state index contributed by atoms with van der Waals surface area (Å²) >= 11 is 0. The van der Waals surface area contributed by atoms with Gasteiger partial charge in [-0.05, 0) is 12.1 Å². The number of carbonyl (C=O) groups is 1. The zero-order chi connectivity index (χ0) is 17.2. The summed E-state index contributed by atoms with van der Waals surface area (Å²) in [5.41, 5.74) is 0.438. The Morgan fingerprint density at radius 3 is 2.88 bits per heavy atom. The molecule has 1 aliphatic rings. The highest BCUT2D eigenvalue weighted by atomic mass is 32.2. The summed E-state index contributed by atoms with van der Waals surface area (Å²) in [6, 6.07) is 6.42. The topological polar surface area (TPSA) is 126 Å². The number of benzene rings is 1. The van der Waals surface area contributed by atoms with Crippen LogP contribution in [-0.4, -0.2) is 41.9 Å². The molecule has 0 fully saturated rings. The van der Waals surface area contributed by atoms with Gasteiger partial charge in [-0.1, -0.05) is 19.1 Å².